The van der Waals surface area contributed by atoms with Crippen LogP contribution in [0.15, 0.2) is 35.4 Å². The zero-order chi connectivity index (χ0) is 15.5. The van der Waals surface area contributed by atoms with Crippen LogP contribution in [0, 0.1) is 5.92 Å². The largest absolute Gasteiger partial charge is 0.301 e. The molecule has 22 heavy (non-hydrogen) atoms. The molecule has 0 N–H and O–H groups in total. The summed E-state index contributed by atoms with van der Waals surface area (Å²) in [6.07, 6.45) is 5.79. The molecule has 0 saturated carbocycles. The molecule has 1 aliphatic heterocycles. The van der Waals surface area contributed by atoms with Crippen LogP contribution in [0.5, 0.6) is 0 Å². The number of rotatable bonds is 4. The molecular weight excluding hydrogens is 278 g/mol. The van der Waals surface area contributed by atoms with Crippen LogP contribution < -0.4 is 5.56 Å². The van der Waals surface area contributed by atoms with E-state index in [0.717, 1.165) is 25.9 Å². The van der Waals surface area contributed by atoms with E-state index in [0.29, 0.717) is 24.3 Å². The van der Waals surface area contributed by atoms with Crippen LogP contribution in [0.2, 0.25) is 0 Å². The Bertz CT molecular complexity index is 653. The van der Waals surface area contributed by atoms with E-state index in [2.05, 4.69) is 28.9 Å². The van der Waals surface area contributed by atoms with Crippen LogP contribution in [0.1, 0.15) is 26.7 Å². The zero-order valence-corrected chi connectivity index (χ0v) is 13.2. The van der Waals surface area contributed by atoms with Gasteiger partial charge >= 0.3 is 0 Å². The van der Waals surface area contributed by atoms with Crippen molar-refractivity contribution < 1.29 is 0 Å². The fourth-order valence-corrected chi connectivity index (χ4v) is 2.99. The molecule has 3 rings (SSSR count). The van der Waals surface area contributed by atoms with Gasteiger partial charge in [-0.2, -0.15) is 5.10 Å². The molecule has 1 fully saturated rings. The number of piperidine rings is 1. The van der Waals surface area contributed by atoms with Crippen LogP contribution in [0.4, 0.5) is 0 Å². The van der Waals surface area contributed by atoms with Gasteiger partial charge in [0.15, 0.2) is 5.82 Å². The van der Waals surface area contributed by atoms with Crippen LogP contribution in [-0.2, 0) is 6.54 Å². The molecule has 1 saturated heterocycles. The van der Waals surface area contributed by atoms with Gasteiger partial charge < -0.3 is 4.90 Å². The van der Waals surface area contributed by atoms with Crippen molar-refractivity contribution in [2.45, 2.75) is 39.3 Å². The van der Waals surface area contributed by atoms with E-state index in [1.165, 1.54) is 0 Å². The van der Waals surface area contributed by atoms with E-state index < -0.39 is 0 Å². The van der Waals surface area contributed by atoms with Crippen molar-refractivity contribution >= 4 is 0 Å². The summed E-state index contributed by atoms with van der Waals surface area (Å²) in [7, 11) is 0. The van der Waals surface area contributed by atoms with Crippen molar-refractivity contribution in [2.24, 2.45) is 5.92 Å². The fraction of sp³-hybridized carbons (Fsp3) is 0.562. The first-order valence-electron chi connectivity index (χ1n) is 7.96. The summed E-state index contributed by atoms with van der Waals surface area (Å²) in [4.78, 5) is 14.5. The minimum Gasteiger partial charge on any atom is -0.301 e. The molecule has 2 aromatic heterocycles. The van der Waals surface area contributed by atoms with Crippen molar-refractivity contribution in [1.29, 1.82) is 0 Å². The monoisotopic (exact) mass is 301 g/mol. The predicted octanol–water partition coefficient (Wildman–Crippen LogP) is 1.55. The number of hydrogen-bond acceptors (Lipinski definition) is 4. The van der Waals surface area contributed by atoms with Crippen molar-refractivity contribution in [2.75, 3.05) is 13.1 Å². The third-order valence-corrected chi connectivity index (χ3v) is 4.40. The van der Waals surface area contributed by atoms with Gasteiger partial charge in [0.25, 0.3) is 5.56 Å². The second kappa shape index (κ2) is 6.44. The highest BCUT2D eigenvalue weighted by Crippen LogP contribution is 2.19. The van der Waals surface area contributed by atoms with Crippen molar-refractivity contribution in [3.05, 3.63) is 40.9 Å². The van der Waals surface area contributed by atoms with Crippen molar-refractivity contribution in [3.63, 3.8) is 0 Å². The van der Waals surface area contributed by atoms with Crippen LogP contribution in [-0.4, -0.2) is 43.6 Å². The first kappa shape index (κ1) is 15.0. The summed E-state index contributed by atoms with van der Waals surface area (Å²) in [5.41, 5.74) is -0.0396. The molecule has 0 unspecified atom stereocenters. The molecule has 2 aromatic rings. The highest BCUT2D eigenvalue weighted by molar-refractivity contribution is 5.17. The molecule has 3 heterocycles. The second-order valence-corrected chi connectivity index (χ2v) is 6.24. The first-order valence-corrected chi connectivity index (χ1v) is 7.96. The Morgan fingerprint density at radius 3 is 2.68 bits per heavy atom. The van der Waals surface area contributed by atoms with Gasteiger partial charge in [-0.05, 0) is 57.8 Å². The topological polar surface area (TPSA) is 56.0 Å². The van der Waals surface area contributed by atoms with Gasteiger partial charge in [0, 0.05) is 31.0 Å². The molecule has 1 aliphatic rings. The standard InChI is InChI=1S/C16H23N5O/c1-13(2)19-10-6-14(7-11-19)12-21-16(22)5-4-15(18-21)20-9-3-8-17-20/h3-5,8-9,13-14H,6-7,10-12H2,1-2H3. The van der Waals surface area contributed by atoms with E-state index in [9.17, 15) is 4.79 Å². The summed E-state index contributed by atoms with van der Waals surface area (Å²) >= 11 is 0. The lowest BCUT2D eigenvalue weighted by Gasteiger charge is -2.34. The number of nitrogens with zero attached hydrogens (tertiary/aromatic N) is 5. The van der Waals surface area contributed by atoms with E-state index in [1.807, 2.05) is 12.3 Å². The third kappa shape index (κ3) is 3.27. The Hall–Kier alpha value is -1.95. The summed E-state index contributed by atoms with van der Waals surface area (Å²) in [6.45, 7) is 7.38. The van der Waals surface area contributed by atoms with Crippen LogP contribution in [0.3, 0.4) is 0 Å². The normalized spacial score (nSPS) is 17.2. The molecule has 0 atom stereocenters. The van der Waals surface area contributed by atoms with Crippen molar-refractivity contribution in [1.82, 2.24) is 24.5 Å². The highest BCUT2D eigenvalue weighted by Gasteiger charge is 2.21. The minimum absolute atomic E-state index is 0.0396. The molecule has 0 spiro atoms. The van der Waals surface area contributed by atoms with Gasteiger partial charge in [0.2, 0.25) is 0 Å². The minimum atomic E-state index is -0.0396. The van der Waals surface area contributed by atoms with Gasteiger partial charge in [-0.15, -0.1) is 5.10 Å². The zero-order valence-electron chi connectivity index (χ0n) is 13.2. The fourth-order valence-electron chi connectivity index (χ4n) is 2.99. The maximum Gasteiger partial charge on any atom is 0.266 e. The van der Waals surface area contributed by atoms with Crippen molar-refractivity contribution in [3.8, 4) is 5.82 Å². The molecular formula is C16H23N5O. The molecule has 6 heteroatoms. The Kier molecular flexibility index (Phi) is 4.38. The Morgan fingerprint density at radius 1 is 1.27 bits per heavy atom. The average molecular weight is 301 g/mol. The Balaban J connectivity index is 1.70. The predicted molar refractivity (Wildman–Crippen MR) is 85.1 cm³/mol. The maximum atomic E-state index is 12.0. The summed E-state index contributed by atoms with van der Waals surface area (Å²) in [5, 5.41) is 8.62. The molecule has 0 bridgehead atoms. The lowest BCUT2D eigenvalue weighted by Crippen LogP contribution is -2.40. The number of hydrogen-bond donors (Lipinski definition) is 0. The first-order chi connectivity index (χ1) is 10.6. The van der Waals surface area contributed by atoms with Gasteiger partial charge in [-0.1, -0.05) is 0 Å². The third-order valence-electron chi connectivity index (χ3n) is 4.40. The highest BCUT2D eigenvalue weighted by atomic mass is 16.1. The second-order valence-electron chi connectivity index (χ2n) is 6.24. The molecule has 0 amide bonds. The van der Waals surface area contributed by atoms with Crippen LogP contribution >= 0.6 is 0 Å². The lowest BCUT2D eigenvalue weighted by atomic mass is 9.96. The van der Waals surface area contributed by atoms with E-state index in [1.54, 1.807) is 27.7 Å². The Labute approximate surface area is 130 Å². The van der Waals surface area contributed by atoms with Gasteiger partial charge in [-0.3, -0.25) is 4.79 Å². The summed E-state index contributed by atoms with van der Waals surface area (Å²) in [6, 6.07) is 5.74. The molecule has 0 radical (unpaired) electrons. The smallest absolute Gasteiger partial charge is 0.266 e. The molecule has 6 nitrogen and oxygen atoms in total. The molecule has 0 aliphatic carbocycles. The SMILES string of the molecule is CC(C)N1CCC(Cn2nc(-n3cccn3)ccc2=O)CC1. The number of likely N-dealkylation sites (tertiary alicyclic amines) is 1. The van der Waals surface area contributed by atoms with Gasteiger partial charge in [0.1, 0.15) is 0 Å². The van der Waals surface area contributed by atoms with E-state index >= 15 is 0 Å². The molecule has 0 aromatic carbocycles. The average Bonchev–Trinajstić information content (AvgIpc) is 3.04. The maximum absolute atomic E-state index is 12.0. The van der Waals surface area contributed by atoms with E-state index in [4.69, 9.17) is 0 Å². The van der Waals surface area contributed by atoms with E-state index in [-0.39, 0.29) is 5.56 Å². The summed E-state index contributed by atoms with van der Waals surface area (Å²) < 4.78 is 3.27. The molecule has 118 valence electrons. The lowest BCUT2D eigenvalue weighted by molar-refractivity contribution is 0.139. The quantitative estimate of drug-likeness (QED) is 0.860. The van der Waals surface area contributed by atoms with Gasteiger partial charge in [-0.25, -0.2) is 9.36 Å². The Morgan fingerprint density at radius 2 is 2.05 bits per heavy atom. The van der Waals surface area contributed by atoms with Crippen LogP contribution in [0.25, 0.3) is 5.82 Å². The number of aromatic nitrogens is 4. The van der Waals surface area contributed by atoms with Gasteiger partial charge in [0.05, 0.1) is 0 Å². The summed E-state index contributed by atoms with van der Waals surface area (Å²) in [5.74, 6) is 1.21.